The van der Waals surface area contributed by atoms with E-state index in [4.69, 9.17) is 4.42 Å². The zero-order valence-electron chi connectivity index (χ0n) is 9.79. The molecule has 1 aliphatic rings. The molecule has 2 atom stereocenters. The molecular weight excluding hydrogens is 188 g/mol. The Labute approximate surface area is 91.4 Å². The van der Waals surface area contributed by atoms with Gasteiger partial charge in [-0.2, -0.15) is 0 Å². The number of hydrogen-bond acceptors (Lipinski definition) is 3. The van der Waals surface area contributed by atoms with Crippen molar-refractivity contribution in [2.24, 2.45) is 5.92 Å². The van der Waals surface area contributed by atoms with E-state index in [2.05, 4.69) is 30.4 Å². The molecule has 0 spiro atoms. The largest absolute Gasteiger partial charge is 0.465 e. The van der Waals surface area contributed by atoms with Crippen LogP contribution in [0.15, 0.2) is 16.5 Å². The van der Waals surface area contributed by atoms with E-state index >= 15 is 0 Å². The molecule has 0 aromatic carbocycles. The lowest BCUT2D eigenvalue weighted by molar-refractivity contribution is 0.190. The molecule has 0 aliphatic carbocycles. The van der Waals surface area contributed by atoms with Gasteiger partial charge >= 0.3 is 0 Å². The maximum absolute atomic E-state index is 5.75. The molecule has 1 aliphatic heterocycles. The van der Waals surface area contributed by atoms with Gasteiger partial charge in [-0.05, 0) is 58.6 Å². The van der Waals surface area contributed by atoms with Crippen LogP contribution in [0.2, 0.25) is 0 Å². The molecule has 1 saturated heterocycles. The Hall–Kier alpha value is -0.800. The van der Waals surface area contributed by atoms with Crippen LogP contribution in [-0.4, -0.2) is 32.1 Å². The molecule has 1 fully saturated rings. The first kappa shape index (κ1) is 10.7. The topological polar surface area (TPSA) is 28.4 Å². The summed E-state index contributed by atoms with van der Waals surface area (Å²) in [5, 5.41) is 3.42. The van der Waals surface area contributed by atoms with Gasteiger partial charge in [-0.25, -0.2) is 0 Å². The van der Waals surface area contributed by atoms with Crippen LogP contribution < -0.4 is 5.32 Å². The third kappa shape index (κ3) is 2.24. The maximum atomic E-state index is 5.75. The van der Waals surface area contributed by atoms with Crippen LogP contribution in [0.1, 0.15) is 24.0 Å². The summed E-state index contributed by atoms with van der Waals surface area (Å²) in [5.41, 5.74) is 0. The third-order valence-corrected chi connectivity index (χ3v) is 3.15. The SMILES string of the molecule is Cc1ccc(C(C2CCNC2)N(C)C)o1. The Balaban J connectivity index is 2.18. The number of nitrogens with one attached hydrogen (secondary N) is 1. The van der Waals surface area contributed by atoms with Crippen molar-refractivity contribution in [2.45, 2.75) is 19.4 Å². The fraction of sp³-hybridized carbons (Fsp3) is 0.667. The molecule has 0 bridgehead atoms. The van der Waals surface area contributed by atoms with Crippen LogP contribution in [0.4, 0.5) is 0 Å². The van der Waals surface area contributed by atoms with Crippen molar-refractivity contribution in [3.63, 3.8) is 0 Å². The van der Waals surface area contributed by atoms with Crippen molar-refractivity contribution in [2.75, 3.05) is 27.2 Å². The molecule has 15 heavy (non-hydrogen) atoms. The Morgan fingerprint density at radius 3 is 2.73 bits per heavy atom. The number of aryl methyl sites for hydroxylation is 1. The minimum Gasteiger partial charge on any atom is -0.465 e. The standard InChI is InChI=1S/C12H20N2O/c1-9-4-5-11(15-9)12(14(2)3)10-6-7-13-8-10/h4-5,10,12-13H,6-8H2,1-3H3. The summed E-state index contributed by atoms with van der Waals surface area (Å²) in [6.07, 6.45) is 1.24. The summed E-state index contributed by atoms with van der Waals surface area (Å²) < 4.78 is 5.75. The molecule has 84 valence electrons. The highest BCUT2D eigenvalue weighted by atomic mass is 16.3. The van der Waals surface area contributed by atoms with E-state index < -0.39 is 0 Å². The van der Waals surface area contributed by atoms with E-state index in [-0.39, 0.29) is 0 Å². The Morgan fingerprint density at radius 1 is 1.47 bits per heavy atom. The Kier molecular flexibility index (Phi) is 3.12. The highest BCUT2D eigenvalue weighted by molar-refractivity contribution is 5.11. The van der Waals surface area contributed by atoms with Crippen molar-refractivity contribution in [1.29, 1.82) is 0 Å². The summed E-state index contributed by atoms with van der Waals surface area (Å²) >= 11 is 0. The van der Waals surface area contributed by atoms with E-state index in [1.54, 1.807) is 0 Å². The molecule has 1 N–H and O–H groups in total. The van der Waals surface area contributed by atoms with Crippen molar-refractivity contribution in [3.8, 4) is 0 Å². The summed E-state index contributed by atoms with van der Waals surface area (Å²) in [6, 6.07) is 4.57. The van der Waals surface area contributed by atoms with Crippen molar-refractivity contribution in [1.82, 2.24) is 10.2 Å². The van der Waals surface area contributed by atoms with Gasteiger partial charge in [-0.3, -0.25) is 4.90 Å². The van der Waals surface area contributed by atoms with Gasteiger partial charge in [0.15, 0.2) is 0 Å². The second kappa shape index (κ2) is 4.37. The van der Waals surface area contributed by atoms with E-state index in [1.807, 2.05) is 13.0 Å². The molecule has 3 nitrogen and oxygen atoms in total. The minimum atomic E-state index is 0.411. The minimum absolute atomic E-state index is 0.411. The molecular formula is C12H20N2O. The average Bonchev–Trinajstić information content (AvgIpc) is 2.77. The molecule has 3 heteroatoms. The van der Waals surface area contributed by atoms with Crippen LogP contribution in [0.5, 0.6) is 0 Å². The van der Waals surface area contributed by atoms with E-state index in [0.29, 0.717) is 12.0 Å². The van der Waals surface area contributed by atoms with Crippen molar-refractivity contribution >= 4 is 0 Å². The molecule has 1 aromatic rings. The Morgan fingerprint density at radius 2 is 2.27 bits per heavy atom. The van der Waals surface area contributed by atoms with Crippen LogP contribution in [0.3, 0.4) is 0 Å². The van der Waals surface area contributed by atoms with Crippen molar-refractivity contribution in [3.05, 3.63) is 23.7 Å². The van der Waals surface area contributed by atoms with Gasteiger partial charge in [0.25, 0.3) is 0 Å². The monoisotopic (exact) mass is 208 g/mol. The normalized spacial score (nSPS) is 23.6. The quantitative estimate of drug-likeness (QED) is 0.821. The van der Waals surface area contributed by atoms with Crippen LogP contribution in [-0.2, 0) is 0 Å². The second-order valence-corrected chi connectivity index (χ2v) is 4.61. The highest BCUT2D eigenvalue weighted by Gasteiger charge is 2.29. The highest BCUT2D eigenvalue weighted by Crippen LogP contribution is 2.31. The molecule has 2 unspecified atom stereocenters. The maximum Gasteiger partial charge on any atom is 0.121 e. The van der Waals surface area contributed by atoms with Crippen molar-refractivity contribution < 1.29 is 4.42 Å². The third-order valence-electron chi connectivity index (χ3n) is 3.15. The van der Waals surface area contributed by atoms with E-state index in [9.17, 15) is 0 Å². The van der Waals surface area contributed by atoms with Gasteiger partial charge in [0.1, 0.15) is 11.5 Å². The smallest absolute Gasteiger partial charge is 0.121 e. The van der Waals surface area contributed by atoms with Crippen LogP contribution >= 0.6 is 0 Å². The van der Waals surface area contributed by atoms with Crippen LogP contribution in [0, 0.1) is 12.8 Å². The second-order valence-electron chi connectivity index (χ2n) is 4.61. The molecule has 0 radical (unpaired) electrons. The van der Waals surface area contributed by atoms with E-state index in [1.165, 1.54) is 6.42 Å². The molecule has 0 amide bonds. The lowest BCUT2D eigenvalue weighted by Crippen LogP contribution is -2.28. The summed E-state index contributed by atoms with van der Waals surface area (Å²) in [5.74, 6) is 2.78. The predicted molar refractivity (Wildman–Crippen MR) is 60.8 cm³/mol. The molecule has 2 rings (SSSR count). The molecule has 1 aromatic heterocycles. The molecule has 2 heterocycles. The predicted octanol–water partition coefficient (Wildman–Crippen LogP) is 1.80. The number of hydrogen-bond donors (Lipinski definition) is 1. The summed E-state index contributed by atoms with van der Waals surface area (Å²) in [7, 11) is 4.25. The number of furan rings is 1. The van der Waals surface area contributed by atoms with Gasteiger partial charge in [0.05, 0.1) is 6.04 Å². The van der Waals surface area contributed by atoms with Gasteiger partial charge in [0, 0.05) is 0 Å². The fourth-order valence-corrected chi connectivity index (χ4v) is 2.47. The summed E-state index contributed by atoms with van der Waals surface area (Å²) in [4.78, 5) is 2.26. The van der Waals surface area contributed by atoms with Gasteiger partial charge < -0.3 is 9.73 Å². The van der Waals surface area contributed by atoms with Crippen LogP contribution in [0.25, 0.3) is 0 Å². The zero-order valence-corrected chi connectivity index (χ0v) is 9.79. The van der Waals surface area contributed by atoms with E-state index in [0.717, 1.165) is 24.6 Å². The first-order chi connectivity index (χ1) is 7.18. The molecule has 0 saturated carbocycles. The first-order valence-corrected chi connectivity index (χ1v) is 5.62. The Bertz CT molecular complexity index is 313. The van der Waals surface area contributed by atoms with Gasteiger partial charge in [0.2, 0.25) is 0 Å². The zero-order chi connectivity index (χ0) is 10.8. The number of nitrogens with zero attached hydrogens (tertiary/aromatic N) is 1. The lowest BCUT2D eigenvalue weighted by Gasteiger charge is -2.27. The number of rotatable bonds is 3. The van der Waals surface area contributed by atoms with Gasteiger partial charge in [-0.1, -0.05) is 0 Å². The lowest BCUT2D eigenvalue weighted by atomic mass is 9.96. The summed E-state index contributed by atoms with van der Waals surface area (Å²) in [6.45, 7) is 4.24. The average molecular weight is 208 g/mol. The fourth-order valence-electron chi connectivity index (χ4n) is 2.47. The van der Waals surface area contributed by atoms with Gasteiger partial charge in [-0.15, -0.1) is 0 Å². The first-order valence-electron chi connectivity index (χ1n) is 5.62.